The van der Waals surface area contributed by atoms with E-state index >= 15 is 0 Å². The first-order valence-electron chi connectivity index (χ1n) is 12.0. The monoisotopic (exact) mass is 473 g/mol. The molecule has 1 aromatic carbocycles. The predicted molar refractivity (Wildman–Crippen MR) is 131 cm³/mol. The number of nitrogens with one attached hydrogen (secondary N) is 1. The number of carbonyl (C=O) groups excluding carboxylic acids is 1. The van der Waals surface area contributed by atoms with E-state index in [0.717, 1.165) is 47.3 Å². The van der Waals surface area contributed by atoms with E-state index in [1.165, 1.54) is 0 Å². The van der Waals surface area contributed by atoms with Crippen molar-refractivity contribution in [2.45, 2.75) is 38.7 Å². The second-order valence-corrected chi connectivity index (χ2v) is 9.20. The fourth-order valence-corrected chi connectivity index (χ4v) is 5.24. The molecule has 2 aliphatic heterocycles. The molecule has 0 aliphatic carbocycles. The van der Waals surface area contributed by atoms with Crippen molar-refractivity contribution in [1.82, 2.24) is 19.4 Å². The predicted octanol–water partition coefficient (Wildman–Crippen LogP) is 2.99. The summed E-state index contributed by atoms with van der Waals surface area (Å²) in [7, 11) is 1.61. The molecule has 1 amide bonds. The number of amides is 1. The Morgan fingerprint density at radius 2 is 2.11 bits per heavy atom. The zero-order chi connectivity index (χ0) is 24.1. The highest BCUT2D eigenvalue weighted by Crippen LogP contribution is 2.31. The summed E-state index contributed by atoms with van der Waals surface area (Å²) >= 11 is 0. The summed E-state index contributed by atoms with van der Waals surface area (Å²) in [5, 5.41) is 0. The molecule has 1 N–H and O–H groups in total. The first kappa shape index (κ1) is 21.9. The average Bonchev–Trinajstić information content (AvgIpc) is 3.63. The van der Waals surface area contributed by atoms with E-state index in [1.807, 2.05) is 16.7 Å². The molecule has 35 heavy (non-hydrogen) atoms. The molecule has 1 fully saturated rings. The van der Waals surface area contributed by atoms with Crippen molar-refractivity contribution >= 4 is 28.3 Å². The summed E-state index contributed by atoms with van der Waals surface area (Å²) in [4.78, 5) is 40.5. The smallest absolute Gasteiger partial charge is 0.274 e. The Kier molecular flexibility index (Phi) is 5.38. The molecule has 0 radical (unpaired) electrons. The van der Waals surface area contributed by atoms with Gasteiger partial charge in [0.25, 0.3) is 11.5 Å². The van der Waals surface area contributed by atoms with Crippen LogP contribution in [-0.4, -0.2) is 52.1 Å². The maximum absolute atomic E-state index is 13.8. The number of aromatic nitrogens is 4. The third-order valence-electron chi connectivity index (χ3n) is 7.07. The van der Waals surface area contributed by atoms with E-state index in [1.54, 1.807) is 24.3 Å². The van der Waals surface area contributed by atoms with Crippen LogP contribution in [0, 0.1) is 0 Å². The molecule has 3 aromatic heterocycles. The molecule has 1 atom stereocenters. The lowest BCUT2D eigenvalue weighted by atomic mass is 10.0. The molecule has 1 unspecified atom stereocenters. The second kappa shape index (κ2) is 8.58. The van der Waals surface area contributed by atoms with Gasteiger partial charge in [0.15, 0.2) is 0 Å². The van der Waals surface area contributed by atoms with Crippen molar-refractivity contribution in [3.8, 4) is 0 Å². The number of hydrogen-bond acceptors (Lipinski definition) is 6. The van der Waals surface area contributed by atoms with E-state index in [9.17, 15) is 9.59 Å². The van der Waals surface area contributed by atoms with E-state index in [0.29, 0.717) is 42.2 Å². The number of aryl methyl sites for hydroxylation is 1. The van der Waals surface area contributed by atoms with Gasteiger partial charge >= 0.3 is 0 Å². The first-order valence-corrected chi connectivity index (χ1v) is 12.0. The van der Waals surface area contributed by atoms with Crippen molar-refractivity contribution in [1.29, 1.82) is 0 Å². The molecule has 5 heterocycles. The van der Waals surface area contributed by atoms with Gasteiger partial charge in [0.1, 0.15) is 17.2 Å². The highest BCUT2D eigenvalue weighted by molar-refractivity contribution is 6.09. The number of aromatic amines is 1. The van der Waals surface area contributed by atoms with Gasteiger partial charge in [-0.2, -0.15) is 0 Å². The molecule has 180 valence electrons. The Morgan fingerprint density at radius 3 is 2.89 bits per heavy atom. The highest BCUT2D eigenvalue weighted by atomic mass is 16.5. The van der Waals surface area contributed by atoms with Crippen LogP contribution in [0.5, 0.6) is 0 Å². The van der Waals surface area contributed by atoms with Crippen LogP contribution in [0.15, 0.2) is 35.4 Å². The van der Waals surface area contributed by atoms with E-state index in [2.05, 4.69) is 27.9 Å². The lowest BCUT2D eigenvalue weighted by molar-refractivity contribution is 0.0984. The van der Waals surface area contributed by atoms with Crippen LogP contribution in [0.25, 0.3) is 16.6 Å². The van der Waals surface area contributed by atoms with Crippen LogP contribution in [0.4, 0.5) is 5.82 Å². The summed E-state index contributed by atoms with van der Waals surface area (Å²) in [6.45, 7) is 4.19. The van der Waals surface area contributed by atoms with Gasteiger partial charge in [-0.15, -0.1) is 0 Å². The number of carbonyl (C=O) groups is 1. The minimum absolute atomic E-state index is 0.120. The third kappa shape index (κ3) is 3.54. The summed E-state index contributed by atoms with van der Waals surface area (Å²) in [5.74, 6) is 1.48. The Morgan fingerprint density at radius 1 is 1.23 bits per heavy atom. The number of hydrogen-bond donors (Lipinski definition) is 1. The fraction of sp³-hybridized carbons (Fsp3) is 0.385. The standard InChI is InChI=1S/C26H27N5O4/c1-3-15-8-16-4-6-30(23(16)27-11-15)26(33)19-10-20-21(9-18(19)13-34-2)31-22(25(32)29-20)12-28-24(31)17-5-7-35-14-17/h8-12,17H,3-7,13-14H2,1-2H3,(H,29,32). The van der Waals surface area contributed by atoms with Gasteiger partial charge in [0, 0.05) is 37.9 Å². The molecular formula is C26H27N5O4. The van der Waals surface area contributed by atoms with Crippen molar-refractivity contribution in [3.63, 3.8) is 0 Å². The zero-order valence-electron chi connectivity index (χ0n) is 19.8. The zero-order valence-corrected chi connectivity index (χ0v) is 19.8. The molecule has 9 nitrogen and oxygen atoms in total. The largest absolute Gasteiger partial charge is 0.381 e. The summed E-state index contributed by atoms with van der Waals surface area (Å²) < 4.78 is 12.9. The second-order valence-electron chi connectivity index (χ2n) is 9.20. The SMILES string of the molecule is CCc1cnc2c(c1)CCN2C(=O)c1cc2[nH]c(=O)c3cnc(C4CCOC4)n3c2cc1COC. The van der Waals surface area contributed by atoms with Gasteiger partial charge in [-0.1, -0.05) is 13.0 Å². The molecule has 0 spiro atoms. The summed E-state index contributed by atoms with van der Waals surface area (Å²) in [6, 6.07) is 5.83. The third-order valence-corrected chi connectivity index (χ3v) is 7.07. The van der Waals surface area contributed by atoms with Crippen LogP contribution >= 0.6 is 0 Å². The van der Waals surface area contributed by atoms with E-state index in [-0.39, 0.29) is 24.0 Å². The lowest BCUT2D eigenvalue weighted by Gasteiger charge is -2.19. The van der Waals surface area contributed by atoms with E-state index < -0.39 is 0 Å². The molecule has 1 saturated heterocycles. The number of nitrogens with zero attached hydrogens (tertiary/aromatic N) is 4. The Labute approximate surface area is 201 Å². The summed E-state index contributed by atoms with van der Waals surface area (Å²) in [6.07, 6.45) is 5.98. The number of methoxy groups -OCH3 is 1. The fourth-order valence-electron chi connectivity index (χ4n) is 5.24. The highest BCUT2D eigenvalue weighted by Gasteiger charge is 2.30. The number of rotatable bonds is 5. The minimum atomic E-state index is -0.242. The van der Waals surface area contributed by atoms with Crippen molar-refractivity contribution < 1.29 is 14.3 Å². The number of fused-ring (bicyclic) bond motifs is 4. The number of ether oxygens (including phenoxy) is 2. The van der Waals surface area contributed by atoms with Gasteiger partial charge in [0.05, 0.1) is 30.4 Å². The minimum Gasteiger partial charge on any atom is -0.381 e. The van der Waals surface area contributed by atoms with E-state index in [4.69, 9.17) is 9.47 Å². The van der Waals surface area contributed by atoms with Gasteiger partial charge in [-0.25, -0.2) is 9.97 Å². The molecule has 9 heteroatoms. The van der Waals surface area contributed by atoms with Crippen LogP contribution < -0.4 is 10.5 Å². The number of anilines is 1. The maximum atomic E-state index is 13.8. The molecular weight excluding hydrogens is 446 g/mol. The van der Waals surface area contributed by atoms with Crippen molar-refractivity contribution in [3.05, 3.63) is 69.0 Å². The number of benzene rings is 1. The van der Waals surface area contributed by atoms with Gasteiger partial charge in [-0.05, 0) is 48.1 Å². The van der Waals surface area contributed by atoms with Gasteiger partial charge in [0.2, 0.25) is 0 Å². The lowest BCUT2D eigenvalue weighted by Crippen LogP contribution is -2.30. The van der Waals surface area contributed by atoms with Crippen molar-refractivity contribution in [2.75, 3.05) is 31.8 Å². The molecule has 2 aliphatic rings. The number of pyridine rings is 1. The van der Waals surface area contributed by atoms with Crippen LogP contribution in [0.1, 0.15) is 52.1 Å². The Bertz CT molecular complexity index is 1520. The molecule has 6 rings (SSSR count). The summed E-state index contributed by atoms with van der Waals surface area (Å²) in [5.41, 5.74) is 5.10. The number of H-pyrrole nitrogens is 1. The van der Waals surface area contributed by atoms with Crippen LogP contribution in [0.3, 0.4) is 0 Å². The topological polar surface area (TPSA) is 102 Å². The van der Waals surface area contributed by atoms with Gasteiger partial charge < -0.3 is 14.5 Å². The Balaban J connectivity index is 1.50. The average molecular weight is 474 g/mol. The maximum Gasteiger partial charge on any atom is 0.274 e. The van der Waals surface area contributed by atoms with Crippen LogP contribution in [-0.2, 0) is 28.9 Å². The quantitative estimate of drug-likeness (QED) is 0.478. The molecule has 0 bridgehead atoms. The van der Waals surface area contributed by atoms with Crippen molar-refractivity contribution in [2.24, 2.45) is 0 Å². The first-order chi connectivity index (χ1) is 17.1. The van der Waals surface area contributed by atoms with Gasteiger partial charge in [-0.3, -0.25) is 18.9 Å². The molecule has 0 saturated carbocycles. The number of imidazole rings is 1. The molecule has 4 aromatic rings. The van der Waals surface area contributed by atoms with Crippen LogP contribution in [0.2, 0.25) is 0 Å². The normalized spacial score (nSPS) is 17.5. The Hall–Kier alpha value is -3.56.